The summed E-state index contributed by atoms with van der Waals surface area (Å²) in [5.74, 6) is 1.18. The quantitative estimate of drug-likeness (QED) is 0.707. The Morgan fingerprint density at radius 2 is 2.07 bits per heavy atom. The molecule has 1 amide bonds. The lowest BCUT2D eigenvalue weighted by Crippen LogP contribution is -2.27. The number of nitrogens with one attached hydrogen (secondary N) is 2. The Labute approximate surface area is 168 Å². The first-order valence-corrected chi connectivity index (χ1v) is 9.63. The van der Waals surface area contributed by atoms with E-state index in [1.54, 1.807) is 30.1 Å². The summed E-state index contributed by atoms with van der Waals surface area (Å²) in [7, 11) is 1.78. The molecule has 144 valence electrons. The second-order valence-electron chi connectivity index (χ2n) is 6.81. The number of halogens is 1. The van der Waals surface area contributed by atoms with Gasteiger partial charge in [-0.15, -0.1) is 0 Å². The van der Waals surface area contributed by atoms with Gasteiger partial charge in [-0.3, -0.25) is 15.1 Å². The van der Waals surface area contributed by atoms with Gasteiger partial charge >= 0.3 is 0 Å². The van der Waals surface area contributed by atoms with Gasteiger partial charge in [0.25, 0.3) is 5.91 Å². The summed E-state index contributed by atoms with van der Waals surface area (Å²) in [6, 6.07) is 10.9. The summed E-state index contributed by atoms with van der Waals surface area (Å²) < 4.78 is 1.60. The lowest BCUT2D eigenvalue weighted by atomic mass is 9.98. The van der Waals surface area contributed by atoms with Crippen molar-refractivity contribution in [2.45, 2.75) is 18.8 Å². The highest BCUT2D eigenvalue weighted by atomic mass is 35.5. The molecule has 2 aromatic heterocycles. The number of amides is 1. The van der Waals surface area contributed by atoms with Crippen molar-refractivity contribution >= 4 is 23.5 Å². The molecule has 0 aliphatic carbocycles. The highest BCUT2D eigenvalue weighted by molar-refractivity contribution is 6.34. The molecule has 3 heterocycles. The van der Waals surface area contributed by atoms with Crippen molar-refractivity contribution in [2.75, 3.05) is 18.4 Å². The summed E-state index contributed by atoms with van der Waals surface area (Å²) in [5, 5.41) is 11.0. The number of anilines is 1. The fraction of sp³-hybridized carbons (Fsp3) is 0.300. The summed E-state index contributed by atoms with van der Waals surface area (Å²) in [5.41, 5.74) is 1.97. The molecular formula is C20H21ClN6O. The number of piperidine rings is 1. The van der Waals surface area contributed by atoms with Crippen molar-refractivity contribution in [3.05, 3.63) is 59.0 Å². The SMILES string of the molecule is Cn1nc(C2CCNCC2)nc1NC(=O)c1cc(-c2ccccn2)ccc1Cl. The van der Waals surface area contributed by atoms with Gasteiger partial charge in [-0.2, -0.15) is 10.1 Å². The summed E-state index contributed by atoms with van der Waals surface area (Å²) >= 11 is 6.28. The van der Waals surface area contributed by atoms with Crippen LogP contribution in [0.25, 0.3) is 11.3 Å². The van der Waals surface area contributed by atoms with Crippen LogP contribution in [-0.4, -0.2) is 38.7 Å². The van der Waals surface area contributed by atoms with E-state index >= 15 is 0 Å². The van der Waals surface area contributed by atoms with Crippen molar-refractivity contribution < 1.29 is 4.79 Å². The summed E-state index contributed by atoms with van der Waals surface area (Å²) in [6.45, 7) is 1.92. The molecule has 8 heteroatoms. The van der Waals surface area contributed by atoms with Crippen molar-refractivity contribution in [3.63, 3.8) is 0 Å². The molecule has 2 N–H and O–H groups in total. The van der Waals surface area contributed by atoms with Crippen LogP contribution >= 0.6 is 11.6 Å². The van der Waals surface area contributed by atoms with Gasteiger partial charge < -0.3 is 5.32 Å². The van der Waals surface area contributed by atoms with E-state index < -0.39 is 0 Å². The predicted octanol–water partition coefficient (Wildman–Crippen LogP) is 3.25. The Balaban J connectivity index is 1.56. The normalized spacial score (nSPS) is 14.8. The third-order valence-corrected chi connectivity index (χ3v) is 5.21. The Hall–Kier alpha value is -2.77. The monoisotopic (exact) mass is 396 g/mol. The number of carbonyl (C=O) groups excluding carboxylic acids is 1. The number of hydrogen-bond donors (Lipinski definition) is 2. The lowest BCUT2D eigenvalue weighted by molar-refractivity contribution is 0.102. The Bertz CT molecular complexity index is 982. The van der Waals surface area contributed by atoms with E-state index in [2.05, 4.69) is 25.7 Å². The van der Waals surface area contributed by atoms with Crippen LogP contribution in [0.15, 0.2) is 42.6 Å². The molecule has 3 aromatic rings. The average molecular weight is 397 g/mol. The number of nitrogens with zero attached hydrogens (tertiary/aromatic N) is 4. The number of carbonyl (C=O) groups is 1. The zero-order chi connectivity index (χ0) is 19.5. The lowest BCUT2D eigenvalue weighted by Gasteiger charge is -2.19. The highest BCUT2D eigenvalue weighted by Gasteiger charge is 2.22. The van der Waals surface area contributed by atoms with Crippen LogP contribution in [0.1, 0.15) is 34.9 Å². The van der Waals surface area contributed by atoms with Gasteiger partial charge in [0, 0.05) is 24.7 Å². The van der Waals surface area contributed by atoms with E-state index in [0.29, 0.717) is 22.5 Å². The van der Waals surface area contributed by atoms with Gasteiger partial charge in [-0.05, 0) is 50.2 Å². The molecule has 0 radical (unpaired) electrons. The van der Waals surface area contributed by atoms with Gasteiger partial charge in [-0.25, -0.2) is 4.68 Å². The average Bonchev–Trinajstić information content (AvgIpc) is 3.10. The first-order valence-electron chi connectivity index (χ1n) is 9.26. The maximum Gasteiger partial charge on any atom is 0.259 e. The zero-order valence-electron chi connectivity index (χ0n) is 15.5. The van der Waals surface area contributed by atoms with Gasteiger partial charge in [0.15, 0.2) is 5.82 Å². The molecule has 1 fully saturated rings. The number of rotatable bonds is 4. The minimum absolute atomic E-state index is 0.314. The minimum atomic E-state index is -0.324. The molecule has 1 saturated heterocycles. The third-order valence-electron chi connectivity index (χ3n) is 4.88. The maximum absolute atomic E-state index is 12.8. The minimum Gasteiger partial charge on any atom is -0.317 e. The number of hydrogen-bond acceptors (Lipinski definition) is 5. The Morgan fingerprint density at radius 3 is 2.82 bits per heavy atom. The number of aryl methyl sites for hydroxylation is 1. The topological polar surface area (TPSA) is 84.7 Å². The van der Waals surface area contributed by atoms with Crippen molar-refractivity contribution in [3.8, 4) is 11.3 Å². The number of benzene rings is 1. The molecule has 0 atom stereocenters. The van der Waals surface area contributed by atoms with Crippen LogP contribution in [0.3, 0.4) is 0 Å². The van der Waals surface area contributed by atoms with E-state index in [1.165, 1.54) is 0 Å². The first-order chi connectivity index (χ1) is 13.6. The standard InChI is InChI=1S/C20H21ClN6O/c1-27-20(24-18(26-27)13-7-10-22-11-8-13)25-19(28)15-12-14(5-6-16(15)21)17-4-2-3-9-23-17/h2-6,9,12-13,22H,7-8,10-11H2,1H3,(H,24,25,26,28). The number of aromatic nitrogens is 4. The van der Waals surface area contributed by atoms with Crippen LogP contribution in [0.4, 0.5) is 5.95 Å². The Morgan fingerprint density at radius 1 is 1.25 bits per heavy atom. The molecule has 7 nitrogen and oxygen atoms in total. The molecule has 28 heavy (non-hydrogen) atoms. The van der Waals surface area contributed by atoms with Gasteiger partial charge in [0.05, 0.1) is 16.3 Å². The molecular weight excluding hydrogens is 376 g/mol. The third kappa shape index (κ3) is 3.90. The second kappa shape index (κ2) is 8.08. The molecule has 1 aliphatic rings. The van der Waals surface area contributed by atoms with Crippen LogP contribution in [0, 0.1) is 0 Å². The van der Waals surface area contributed by atoms with Crippen molar-refractivity contribution in [2.24, 2.45) is 7.05 Å². The molecule has 0 saturated carbocycles. The van der Waals surface area contributed by atoms with Gasteiger partial charge in [0.1, 0.15) is 0 Å². The molecule has 4 rings (SSSR count). The first kappa shape index (κ1) is 18.6. The molecule has 0 bridgehead atoms. The van der Waals surface area contributed by atoms with Crippen LogP contribution in [-0.2, 0) is 7.05 Å². The molecule has 1 aliphatic heterocycles. The predicted molar refractivity (Wildman–Crippen MR) is 108 cm³/mol. The molecule has 0 unspecified atom stereocenters. The van der Waals surface area contributed by atoms with Crippen LogP contribution in [0.5, 0.6) is 0 Å². The fourth-order valence-corrected chi connectivity index (χ4v) is 3.53. The van der Waals surface area contributed by atoms with Crippen LogP contribution < -0.4 is 10.6 Å². The summed E-state index contributed by atoms with van der Waals surface area (Å²) in [6.07, 6.45) is 3.70. The van der Waals surface area contributed by atoms with E-state index in [-0.39, 0.29) is 5.91 Å². The number of pyridine rings is 1. The van der Waals surface area contributed by atoms with Gasteiger partial charge in [-0.1, -0.05) is 23.7 Å². The van der Waals surface area contributed by atoms with E-state index in [9.17, 15) is 4.79 Å². The van der Waals surface area contributed by atoms with Gasteiger partial charge in [0.2, 0.25) is 5.95 Å². The van der Waals surface area contributed by atoms with Crippen LogP contribution in [0.2, 0.25) is 5.02 Å². The van der Waals surface area contributed by atoms with E-state index in [1.807, 2.05) is 24.3 Å². The van der Waals surface area contributed by atoms with Crippen molar-refractivity contribution in [1.82, 2.24) is 25.1 Å². The smallest absolute Gasteiger partial charge is 0.259 e. The second-order valence-corrected chi connectivity index (χ2v) is 7.21. The zero-order valence-corrected chi connectivity index (χ0v) is 16.3. The summed E-state index contributed by atoms with van der Waals surface area (Å²) in [4.78, 5) is 21.7. The maximum atomic E-state index is 12.8. The van der Waals surface area contributed by atoms with Crippen molar-refractivity contribution in [1.29, 1.82) is 0 Å². The highest BCUT2D eigenvalue weighted by Crippen LogP contribution is 2.26. The van der Waals surface area contributed by atoms with E-state index in [0.717, 1.165) is 43.0 Å². The largest absolute Gasteiger partial charge is 0.317 e. The molecule has 0 spiro atoms. The van der Waals surface area contributed by atoms with E-state index in [4.69, 9.17) is 11.6 Å². The molecule has 1 aromatic carbocycles. The Kier molecular flexibility index (Phi) is 5.36. The fourth-order valence-electron chi connectivity index (χ4n) is 3.33.